The number of nitrogens with zero attached hydrogens (tertiary/aromatic N) is 2. The highest BCUT2D eigenvalue weighted by molar-refractivity contribution is 5.25. The molecular weight excluding hydrogens is 202 g/mol. The Kier molecular flexibility index (Phi) is 3.72. The van der Waals surface area contributed by atoms with Gasteiger partial charge in [-0.25, -0.2) is 9.97 Å². The molecule has 0 aliphatic heterocycles. The van der Waals surface area contributed by atoms with Gasteiger partial charge >= 0.3 is 0 Å². The first-order chi connectivity index (χ1) is 7.81. The molecule has 0 spiro atoms. The Hall–Kier alpha value is -1.16. The quantitative estimate of drug-likeness (QED) is 0.851. The first kappa shape index (κ1) is 11.3. The van der Waals surface area contributed by atoms with E-state index in [0.717, 1.165) is 5.82 Å². The lowest BCUT2D eigenvalue weighted by Gasteiger charge is -2.28. The minimum atomic E-state index is 0.00352. The normalized spacial score (nSPS) is 19.6. The fraction of sp³-hybridized carbons (Fsp3) is 0.667. The molecule has 4 nitrogen and oxygen atoms in total. The minimum Gasteiger partial charge on any atom is -0.384 e. The van der Waals surface area contributed by atoms with Gasteiger partial charge in [0.15, 0.2) is 5.82 Å². The summed E-state index contributed by atoms with van der Waals surface area (Å²) in [6.45, 7) is 0. The Labute approximate surface area is 96.2 Å². The van der Waals surface area contributed by atoms with Crippen LogP contribution in [0.1, 0.15) is 44.0 Å². The molecule has 1 aromatic rings. The molecule has 0 amide bonds. The van der Waals surface area contributed by atoms with Crippen LogP contribution in [-0.2, 0) is 4.74 Å². The molecule has 1 unspecified atom stereocenters. The van der Waals surface area contributed by atoms with Gasteiger partial charge < -0.3 is 10.5 Å². The first-order valence-corrected chi connectivity index (χ1v) is 5.92. The van der Waals surface area contributed by atoms with Crippen LogP contribution >= 0.6 is 0 Å². The fourth-order valence-corrected chi connectivity index (χ4v) is 2.47. The molecule has 0 bridgehead atoms. The summed E-state index contributed by atoms with van der Waals surface area (Å²) in [5.74, 6) is 1.79. The van der Waals surface area contributed by atoms with E-state index in [9.17, 15) is 0 Å². The maximum absolute atomic E-state index is 5.67. The number of hydrogen-bond acceptors (Lipinski definition) is 4. The van der Waals surface area contributed by atoms with E-state index < -0.39 is 0 Å². The molecular formula is C12H19N3O. The van der Waals surface area contributed by atoms with E-state index in [1.807, 2.05) is 0 Å². The van der Waals surface area contributed by atoms with Gasteiger partial charge in [-0.1, -0.05) is 19.3 Å². The zero-order chi connectivity index (χ0) is 11.4. The van der Waals surface area contributed by atoms with E-state index in [1.165, 1.54) is 32.1 Å². The molecule has 0 radical (unpaired) electrons. The highest BCUT2D eigenvalue weighted by atomic mass is 16.5. The molecule has 1 heterocycles. The predicted molar refractivity (Wildman–Crippen MR) is 62.8 cm³/mol. The standard InChI is InChI=1S/C12H19N3O/c1-16-11(9-5-3-2-4-6-9)12-14-8-7-10(13)15-12/h7-9,11H,2-6H2,1H3,(H2,13,14,15). The maximum Gasteiger partial charge on any atom is 0.159 e. The molecule has 2 N–H and O–H groups in total. The molecule has 1 aliphatic carbocycles. The predicted octanol–water partition coefficient (Wildman–Crippen LogP) is 2.33. The van der Waals surface area contributed by atoms with Crippen LogP contribution in [0.3, 0.4) is 0 Å². The molecule has 88 valence electrons. The van der Waals surface area contributed by atoms with Gasteiger partial charge in [-0.3, -0.25) is 0 Å². The molecule has 1 aliphatic rings. The topological polar surface area (TPSA) is 61.0 Å². The molecule has 16 heavy (non-hydrogen) atoms. The second-order valence-electron chi connectivity index (χ2n) is 4.39. The van der Waals surface area contributed by atoms with E-state index in [4.69, 9.17) is 10.5 Å². The van der Waals surface area contributed by atoms with Crippen molar-refractivity contribution in [2.75, 3.05) is 12.8 Å². The monoisotopic (exact) mass is 221 g/mol. The van der Waals surface area contributed by atoms with Gasteiger partial charge in [0.25, 0.3) is 0 Å². The van der Waals surface area contributed by atoms with Crippen molar-refractivity contribution in [3.8, 4) is 0 Å². The summed E-state index contributed by atoms with van der Waals surface area (Å²) in [5, 5.41) is 0. The van der Waals surface area contributed by atoms with Crippen molar-refractivity contribution in [2.45, 2.75) is 38.2 Å². The van der Waals surface area contributed by atoms with Crippen molar-refractivity contribution in [3.63, 3.8) is 0 Å². The molecule has 0 saturated heterocycles. The van der Waals surface area contributed by atoms with Crippen molar-refractivity contribution in [1.29, 1.82) is 0 Å². The molecule has 1 aromatic heterocycles. The summed E-state index contributed by atoms with van der Waals surface area (Å²) in [4.78, 5) is 8.53. The summed E-state index contributed by atoms with van der Waals surface area (Å²) in [6, 6.07) is 1.71. The van der Waals surface area contributed by atoms with Crippen LogP contribution in [0, 0.1) is 5.92 Å². The first-order valence-electron chi connectivity index (χ1n) is 5.92. The number of nitrogen functional groups attached to an aromatic ring is 1. The van der Waals surface area contributed by atoms with Crippen LogP contribution in [0.5, 0.6) is 0 Å². The lowest BCUT2D eigenvalue weighted by molar-refractivity contribution is 0.0290. The van der Waals surface area contributed by atoms with Gasteiger partial charge in [0.05, 0.1) is 0 Å². The number of rotatable bonds is 3. The number of nitrogens with two attached hydrogens (primary N) is 1. The van der Waals surface area contributed by atoms with Crippen molar-refractivity contribution in [3.05, 3.63) is 18.1 Å². The molecule has 4 heteroatoms. The fourth-order valence-electron chi connectivity index (χ4n) is 2.47. The third-order valence-electron chi connectivity index (χ3n) is 3.28. The average Bonchev–Trinajstić information content (AvgIpc) is 2.31. The number of ether oxygens (including phenoxy) is 1. The summed E-state index contributed by atoms with van der Waals surface area (Å²) in [5.41, 5.74) is 5.67. The Bertz CT molecular complexity index is 337. The molecule has 2 rings (SSSR count). The Morgan fingerprint density at radius 2 is 2.12 bits per heavy atom. The van der Waals surface area contributed by atoms with Crippen molar-refractivity contribution in [2.24, 2.45) is 5.92 Å². The number of methoxy groups -OCH3 is 1. The van der Waals surface area contributed by atoms with Crippen LogP contribution in [0.25, 0.3) is 0 Å². The number of anilines is 1. The van der Waals surface area contributed by atoms with Gasteiger partial charge in [0, 0.05) is 13.3 Å². The Morgan fingerprint density at radius 3 is 2.75 bits per heavy atom. The molecule has 1 saturated carbocycles. The van der Waals surface area contributed by atoms with Crippen molar-refractivity contribution in [1.82, 2.24) is 9.97 Å². The van der Waals surface area contributed by atoms with Gasteiger partial charge in [0.2, 0.25) is 0 Å². The largest absolute Gasteiger partial charge is 0.384 e. The van der Waals surface area contributed by atoms with Crippen LogP contribution in [0.15, 0.2) is 12.3 Å². The summed E-state index contributed by atoms with van der Waals surface area (Å²) >= 11 is 0. The van der Waals surface area contributed by atoms with E-state index in [0.29, 0.717) is 11.7 Å². The zero-order valence-corrected chi connectivity index (χ0v) is 9.72. The molecule has 1 atom stereocenters. The third kappa shape index (κ3) is 2.50. The smallest absolute Gasteiger partial charge is 0.159 e. The van der Waals surface area contributed by atoms with Crippen molar-refractivity contribution < 1.29 is 4.74 Å². The Balaban J connectivity index is 2.14. The SMILES string of the molecule is COC(c1nccc(N)n1)C1CCCCC1. The van der Waals surface area contributed by atoms with Crippen LogP contribution in [0.4, 0.5) is 5.82 Å². The number of hydrogen-bond donors (Lipinski definition) is 1. The lowest BCUT2D eigenvalue weighted by Crippen LogP contribution is -2.20. The van der Waals surface area contributed by atoms with Crippen molar-refractivity contribution >= 4 is 5.82 Å². The highest BCUT2D eigenvalue weighted by Gasteiger charge is 2.26. The van der Waals surface area contributed by atoms with Crippen LogP contribution in [0.2, 0.25) is 0 Å². The average molecular weight is 221 g/mol. The van der Waals surface area contributed by atoms with Crippen LogP contribution in [-0.4, -0.2) is 17.1 Å². The minimum absolute atomic E-state index is 0.00352. The highest BCUT2D eigenvalue weighted by Crippen LogP contribution is 2.35. The zero-order valence-electron chi connectivity index (χ0n) is 9.72. The van der Waals surface area contributed by atoms with Gasteiger partial charge in [-0.2, -0.15) is 0 Å². The van der Waals surface area contributed by atoms with Gasteiger partial charge in [0.1, 0.15) is 11.9 Å². The van der Waals surface area contributed by atoms with Crippen LogP contribution < -0.4 is 5.73 Å². The molecule has 0 aromatic carbocycles. The Morgan fingerprint density at radius 1 is 1.38 bits per heavy atom. The second kappa shape index (κ2) is 5.25. The van der Waals surface area contributed by atoms with E-state index in [-0.39, 0.29) is 6.10 Å². The van der Waals surface area contributed by atoms with Gasteiger partial charge in [-0.15, -0.1) is 0 Å². The summed E-state index contributed by atoms with van der Waals surface area (Å²) < 4.78 is 5.55. The summed E-state index contributed by atoms with van der Waals surface area (Å²) in [7, 11) is 1.73. The van der Waals surface area contributed by atoms with E-state index in [1.54, 1.807) is 19.4 Å². The molecule has 1 fully saturated rings. The third-order valence-corrected chi connectivity index (χ3v) is 3.28. The lowest BCUT2D eigenvalue weighted by atomic mass is 9.85. The number of aromatic nitrogens is 2. The maximum atomic E-state index is 5.67. The summed E-state index contributed by atoms with van der Waals surface area (Å²) in [6.07, 6.45) is 8.02. The van der Waals surface area contributed by atoms with Gasteiger partial charge in [-0.05, 0) is 24.8 Å². The van der Waals surface area contributed by atoms with E-state index >= 15 is 0 Å². The van der Waals surface area contributed by atoms with E-state index in [2.05, 4.69) is 9.97 Å². The second-order valence-corrected chi connectivity index (χ2v) is 4.39.